The number of aromatic nitrogens is 2. The highest BCUT2D eigenvalue weighted by atomic mass is 16.5. The Kier molecular flexibility index (Phi) is 2.87. The maximum atomic E-state index is 11.5. The van der Waals surface area contributed by atoms with Crippen molar-refractivity contribution in [3.8, 4) is 0 Å². The van der Waals surface area contributed by atoms with Crippen LogP contribution in [0.1, 0.15) is 16.1 Å². The number of nitrogens with zero attached hydrogens (tertiary/aromatic N) is 2. The predicted octanol–water partition coefficient (Wildman–Crippen LogP) is 0.840. The Balaban J connectivity index is 2.57. The van der Waals surface area contributed by atoms with E-state index in [1.807, 2.05) is 17.6 Å². The van der Waals surface area contributed by atoms with Crippen molar-refractivity contribution in [2.45, 2.75) is 6.54 Å². The van der Waals surface area contributed by atoms with Crippen molar-refractivity contribution in [3.05, 3.63) is 35.8 Å². The zero-order chi connectivity index (χ0) is 11.5. The van der Waals surface area contributed by atoms with Crippen molar-refractivity contribution < 1.29 is 9.53 Å². The average molecular weight is 219 g/mol. The van der Waals surface area contributed by atoms with Gasteiger partial charge in [-0.2, -0.15) is 0 Å². The summed E-state index contributed by atoms with van der Waals surface area (Å²) in [5.41, 5.74) is 2.11. The first-order valence-corrected chi connectivity index (χ1v) is 4.95. The molecule has 5 heteroatoms. The molecule has 2 heterocycles. The Morgan fingerprint density at radius 3 is 3.12 bits per heavy atom. The topological polar surface area (TPSA) is 55.6 Å². The molecule has 2 aromatic heterocycles. The van der Waals surface area contributed by atoms with E-state index in [1.165, 1.54) is 7.11 Å². The van der Waals surface area contributed by atoms with Crippen LogP contribution in [0.15, 0.2) is 24.5 Å². The lowest BCUT2D eigenvalue weighted by atomic mass is 10.2. The van der Waals surface area contributed by atoms with Crippen LogP contribution in [0.4, 0.5) is 0 Å². The highest BCUT2D eigenvalue weighted by molar-refractivity contribution is 5.95. The molecule has 0 bridgehead atoms. The number of methoxy groups -OCH3 is 1. The van der Waals surface area contributed by atoms with Crippen LogP contribution in [0.5, 0.6) is 0 Å². The van der Waals surface area contributed by atoms with Gasteiger partial charge >= 0.3 is 5.97 Å². The Morgan fingerprint density at radius 2 is 2.44 bits per heavy atom. The Morgan fingerprint density at radius 1 is 1.62 bits per heavy atom. The van der Waals surface area contributed by atoms with Gasteiger partial charge in [-0.1, -0.05) is 0 Å². The van der Waals surface area contributed by atoms with Crippen LogP contribution in [0.3, 0.4) is 0 Å². The van der Waals surface area contributed by atoms with Crippen molar-refractivity contribution in [1.82, 2.24) is 14.7 Å². The summed E-state index contributed by atoms with van der Waals surface area (Å²) < 4.78 is 6.58. The van der Waals surface area contributed by atoms with Crippen LogP contribution >= 0.6 is 0 Å². The summed E-state index contributed by atoms with van der Waals surface area (Å²) in [6.45, 7) is 0.700. The fourth-order valence-electron chi connectivity index (χ4n) is 1.64. The van der Waals surface area contributed by atoms with Gasteiger partial charge in [0.15, 0.2) is 5.65 Å². The third kappa shape index (κ3) is 1.65. The lowest BCUT2D eigenvalue weighted by Crippen LogP contribution is -2.09. The molecule has 16 heavy (non-hydrogen) atoms. The van der Waals surface area contributed by atoms with Crippen LogP contribution in [0, 0.1) is 0 Å². The molecule has 0 aliphatic carbocycles. The third-order valence-electron chi connectivity index (χ3n) is 2.38. The summed E-state index contributed by atoms with van der Waals surface area (Å²) >= 11 is 0. The standard InChI is InChI=1S/C11H13N3O2/c1-12-6-8-7-13-10-9(11(15)16-2)4-3-5-14(8)10/h3-5,7,12H,6H2,1-2H3. The largest absolute Gasteiger partial charge is 0.465 e. The molecule has 0 atom stereocenters. The number of pyridine rings is 1. The second-order valence-electron chi connectivity index (χ2n) is 3.39. The highest BCUT2D eigenvalue weighted by Crippen LogP contribution is 2.12. The molecular formula is C11H13N3O2. The average Bonchev–Trinajstić information content (AvgIpc) is 2.72. The number of hydrogen-bond donors (Lipinski definition) is 1. The number of carbonyl (C=O) groups is 1. The van der Waals surface area contributed by atoms with Gasteiger partial charge in [-0.05, 0) is 19.2 Å². The highest BCUT2D eigenvalue weighted by Gasteiger charge is 2.13. The van der Waals surface area contributed by atoms with Crippen molar-refractivity contribution in [2.24, 2.45) is 0 Å². The molecule has 0 saturated carbocycles. The van der Waals surface area contributed by atoms with Crippen LogP contribution in [0.2, 0.25) is 0 Å². The van der Waals surface area contributed by atoms with Gasteiger partial charge in [0.1, 0.15) is 5.56 Å². The summed E-state index contributed by atoms with van der Waals surface area (Å²) in [5.74, 6) is -0.368. The molecule has 5 nitrogen and oxygen atoms in total. The molecule has 0 amide bonds. The first-order chi connectivity index (χ1) is 7.77. The summed E-state index contributed by atoms with van der Waals surface area (Å²) in [6.07, 6.45) is 3.62. The Hall–Kier alpha value is -1.88. The SMILES string of the molecule is CNCc1cnc2c(C(=O)OC)cccn12. The molecule has 0 unspecified atom stereocenters. The molecule has 0 aliphatic heterocycles. The fraction of sp³-hybridized carbons (Fsp3) is 0.273. The van der Waals surface area contributed by atoms with Crippen molar-refractivity contribution >= 4 is 11.6 Å². The molecule has 0 aromatic carbocycles. The van der Waals surface area contributed by atoms with Gasteiger partial charge in [0.2, 0.25) is 0 Å². The molecule has 2 aromatic rings. The summed E-state index contributed by atoms with van der Waals surface area (Å²) in [6, 6.07) is 3.51. The molecule has 0 aliphatic rings. The second kappa shape index (κ2) is 4.32. The van der Waals surface area contributed by atoms with Gasteiger partial charge < -0.3 is 14.5 Å². The second-order valence-corrected chi connectivity index (χ2v) is 3.39. The lowest BCUT2D eigenvalue weighted by Gasteiger charge is -2.03. The van der Waals surface area contributed by atoms with Gasteiger partial charge in [0, 0.05) is 12.7 Å². The van der Waals surface area contributed by atoms with Gasteiger partial charge in [-0.3, -0.25) is 0 Å². The lowest BCUT2D eigenvalue weighted by molar-refractivity contribution is 0.0602. The molecular weight excluding hydrogens is 206 g/mol. The fourth-order valence-corrected chi connectivity index (χ4v) is 1.64. The number of esters is 1. The van der Waals surface area contributed by atoms with Gasteiger partial charge in [0.25, 0.3) is 0 Å². The van der Waals surface area contributed by atoms with E-state index in [0.717, 1.165) is 5.69 Å². The normalized spacial score (nSPS) is 10.6. The smallest absolute Gasteiger partial charge is 0.341 e. The number of nitrogens with one attached hydrogen (secondary N) is 1. The van der Waals surface area contributed by atoms with E-state index in [1.54, 1.807) is 18.3 Å². The molecule has 2 rings (SSSR count). The van der Waals surface area contributed by atoms with Crippen molar-refractivity contribution in [2.75, 3.05) is 14.2 Å². The maximum Gasteiger partial charge on any atom is 0.341 e. The molecule has 84 valence electrons. The first kappa shape index (κ1) is 10.6. The van der Waals surface area contributed by atoms with E-state index in [-0.39, 0.29) is 5.97 Å². The van der Waals surface area contributed by atoms with E-state index in [4.69, 9.17) is 4.74 Å². The van der Waals surface area contributed by atoms with Crippen molar-refractivity contribution in [1.29, 1.82) is 0 Å². The Bertz CT molecular complexity index is 519. The molecule has 1 N–H and O–H groups in total. The predicted molar refractivity (Wildman–Crippen MR) is 59.3 cm³/mol. The monoisotopic (exact) mass is 219 g/mol. The minimum Gasteiger partial charge on any atom is -0.465 e. The molecule has 0 spiro atoms. The summed E-state index contributed by atoms with van der Waals surface area (Å²) in [4.78, 5) is 15.7. The number of ether oxygens (including phenoxy) is 1. The van der Waals surface area contributed by atoms with E-state index in [0.29, 0.717) is 17.8 Å². The Labute approximate surface area is 93.1 Å². The third-order valence-corrected chi connectivity index (χ3v) is 2.38. The minimum absolute atomic E-state index is 0.368. The quantitative estimate of drug-likeness (QED) is 0.777. The zero-order valence-electron chi connectivity index (χ0n) is 9.23. The van der Waals surface area contributed by atoms with E-state index >= 15 is 0 Å². The van der Waals surface area contributed by atoms with E-state index in [2.05, 4.69) is 10.3 Å². The van der Waals surface area contributed by atoms with Crippen LogP contribution in [0.25, 0.3) is 5.65 Å². The minimum atomic E-state index is -0.368. The number of rotatable bonds is 3. The van der Waals surface area contributed by atoms with E-state index in [9.17, 15) is 4.79 Å². The number of imidazole rings is 1. The zero-order valence-corrected chi connectivity index (χ0v) is 9.23. The van der Waals surface area contributed by atoms with Crippen LogP contribution in [-0.4, -0.2) is 29.5 Å². The summed E-state index contributed by atoms with van der Waals surface area (Å²) in [5, 5.41) is 3.05. The number of hydrogen-bond acceptors (Lipinski definition) is 4. The maximum absolute atomic E-state index is 11.5. The molecule has 0 radical (unpaired) electrons. The summed E-state index contributed by atoms with van der Waals surface area (Å²) in [7, 11) is 3.23. The van der Waals surface area contributed by atoms with Gasteiger partial charge in [-0.25, -0.2) is 9.78 Å². The molecule has 0 saturated heterocycles. The molecule has 0 fully saturated rings. The van der Waals surface area contributed by atoms with Gasteiger partial charge in [-0.15, -0.1) is 0 Å². The van der Waals surface area contributed by atoms with E-state index < -0.39 is 0 Å². The first-order valence-electron chi connectivity index (χ1n) is 4.95. The van der Waals surface area contributed by atoms with Crippen LogP contribution in [-0.2, 0) is 11.3 Å². The van der Waals surface area contributed by atoms with Crippen LogP contribution < -0.4 is 5.32 Å². The number of fused-ring (bicyclic) bond motifs is 1. The number of carbonyl (C=O) groups excluding carboxylic acids is 1. The van der Waals surface area contributed by atoms with Gasteiger partial charge in [0.05, 0.1) is 19.0 Å². The van der Waals surface area contributed by atoms with Crippen molar-refractivity contribution in [3.63, 3.8) is 0 Å².